The van der Waals surface area contributed by atoms with Gasteiger partial charge in [0, 0.05) is 0 Å². The first-order valence-electron chi connectivity index (χ1n) is 0.783. The predicted octanol–water partition coefficient (Wildman–Crippen LogP) is -1.42. The van der Waals surface area contributed by atoms with Gasteiger partial charge in [-0.3, -0.25) is 0 Å². The minimum atomic E-state index is -4.64. The predicted molar refractivity (Wildman–Crippen MR) is 26.4 cm³/mol. The molecule has 0 aromatic carbocycles. The fraction of sp³-hybridized carbons (Fsp3) is 0. The Morgan fingerprint density at radius 3 is 1.14 bits per heavy atom. The van der Waals surface area contributed by atoms with Crippen molar-refractivity contribution in [3.8, 4) is 0 Å². The molecular formula is H7NNaO4P. The van der Waals surface area contributed by atoms with Crippen LogP contribution in [0.3, 0.4) is 0 Å². The van der Waals surface area contributed by atoms with E-state index in [1.807, 2.05) is 0 Å². The topological polar surface area (TPSA) is 113 Å². The van der Waals surface area contributed by atoms with Crippen molar-refractivity contribution >= 4 is 37.4 Å². The summed E-state index contributed by atoms with van der Waals surface area (Å²) in [6, 6.07) is 0. The molecule has 7 heteroatoms. The first-order chi connectivity index (χ1) is 2.00. The molecule has 5 nitrogen and oxygen atoms in total. The third kappa shape index (κ3) is 159. The second-order valence-corrected chi connectivity index (χ2v) is 1.54. The maximum absolute atomic E-state index is 8.88. The summed E-state index contributed by atoms with van der Waals surface area (Å²) in [6.45, 7) is 0. The Labute approximate surface area is 62.9 Å². The van der Waals surface area contributed by atoms with Crippen molar-refractivity contribution in [2.45, 2.75) is 0 Å². The van der Waals surface area contributed by atoms with E-state index in [0.717, 1.165) is 0 Å². The van der Waals surface area contributed by atoms with Crippen LogP contribution in [0.15, 0.2) is 0 Å². The van der Waals surface area contributed by atoms with Gasteiger partial charge in [-0.05, 0) is 0 Å². The third-order valence-electron chi connectivity index (χ3n) is 0. The van der Waals surface area contributed by atoms with Crippen LogP contribution in [0.4, 0.5) is 0 Å². The van der Waals surface area contributed by atoms with Gasteiger partial charge in [0.05, 0.1) is 0 Å². The zero-order chi connectivity index (χ0) is 4.50. The summed E-state index contributed by atoms with van der Waals surface area (Å²) in [5.74, 6) is 0. The van der Waals surface area contributed by atoms with Gasteiger partial charge in [-0.2, -0.15) is 0 Å². The Balaban J connectivity index is -0.0000000800. The Morgan fingerprint density at radius 1 is 1.14 bits per heavy atom. The monoisotopic (exact) mass is 265 g/mol. The molecule has 7 heavy (non-hydrogen) atoms. The van der Waals surface area contributed by atoms with Gasteiger partial charge in [0.1, 0.15) is 0 Å². The van der Waals surface area contributed by atoms with Gasteiger partial charge in [-0.15, -0.1) is 0 Å². The minimum absolute atomic E-state index is 0. The molecule has 0 atom stereocenters. The molecule has 0 heterocycles. The summed E-state index contributed by atoms with van der Waals surface area (Å²) in [6.07, 6.45) is 0. The molecule has 0 spiro atoms. The molecular weight excluding hydrogens is 258 g/mol. The molecule has 0 aliphatic heterocycles. The summed E-state index contributed by atoms with van der Waals surface area (Å²) in [5.41, 5.74) is 0. The van der Waals surface area contributed by atoms with E-state index in [4.69, 9.17) is 19.2 Å². The van der Waals surface area contributed by atoms with Gasteiger partial charge >= 0.3 is 37.4 Å². The van der Waals surface area contributed by atoms with Crippen molar-refractivity contribution in [1.82, 2.24) is 6.15 Å². The van der Waals surface area contributed by atoms with E-state index in [-0.39, 0.29) is 35.7 Å². The van der Waals surface area contributed by atoms with E-state index in [2.05, 4.69) is 0 Å². The average Bonchev–Trinajstić information content (AvgIpc) is 0.722. The van der Waals surface area contributed by atoms with Crippen LogP contribution in [0.1, 0.15) is 0 Å². The van der Waals surface area contributed by atoms with E-state index in [1.165, 1.54) is 0 Å². The Kier molecular flexibility index (Phi) is 11.7. The van der Waals surface area contributed by atoms with Gasteiger partial charge in [0.25, 0.3) is 0 Å². The maximum atomic E-state index is 8.88. The van der Waals surface area contributed by atoms with Crippen LogP contribution in [0.25, 0.3) is 0 Å². The van der Waals surface area contributed by atoms with Crippen LogP contribution in [-0.4, -0.2) is 44.2 Å². The summed E-state index contributed by atoms with van der Waals surface area (Å²) >= 11 is 0. The van der Waals surface area contributed by atoms with Crippen LogP contribution >= 0.6 is 7.82 Å². The third-order valence-corrected chi connectivity index (χ3v) is 0. The molecule has 6 N–H and O–H groups in total. The van der Waals surface area contributed by atoms with Crippen molar-refractivity contribution in [3.05, 3.63) is 0 Å². The number of phosphoric acid groups is 1. The van der Waals surface area contributed by atoms with Gasteiger partial charge in [-0.25, -0.2) is 4.57 Å². The molecule has 0 rings (SSSR count). The first kappa shape index (κ1) is 15.7. The van der Waals surface area contributed by atoms with Gasteiger partial charge in [-0.1, -0.05) is 0 Å². The second-order valence-electron chi connectivity index (χ2n) is 0.513. The van der Waals surface area contributed by atoms with Crippen molar-refractivity contribution in [3.63, 3.8) is 0 Å². The standard InChI is InChI=1S/H3N.Na.H3O4P.H/c;;1-5(2,3)4;/h1H3;;(H3,1,2,3,4);/i1-127;;;. The van der Waals surface area contributed by atoms with Gasteiger partial charge < -0.3 is 20.8 Å². The molecule has 0 bridgehead atoms. The van der Waals surface area contributed by atoms with E-state index >= 15 is 0 Å². The van der Waals surface area contributed by atoms with Crippen molar-refractivity contribution in [2.75, 3.05) is 0 Å². The Bertz CT molecular complexity index is 57.8. The SMILES string of the molecule is O=P(O)(O)O.[140NH3].[NaH]. The van der Waals surface area contributed by atoms with Gasteiger partial charge in [0.2, 0.25) is 0 Å². The quantitative estimate of drug-likeness (QED) is 0.317. The first-order valence-corrected chi connectivity index (χ1v) is 2.35. The second kappa shape index (κ2) is 5.21. The molecule has 0 saturated carbocycles. The molecule has 0 unspecified atom stereocenters. The molecule has 0 aliphatic rings. The van der Waals surface area contributed by atoms with Crippen molar-refractivity contribution < 1.29 is 19.2 Å². The fourth-order valence-corrected chi connectivity index (χ4v) is 0. The molecule has 0 amide bonds. The number of hydrogen-bond acceptors (Lipinski definition) is 2. The molecule has 42 valence electrons. The molecule has 0 aliphatic carbocycles. The molecule has 0 aromatic heterocycles. The van der Waals surface area contributed by atoms with Crippen LogP contribution in [0, 0.1) is 0 Å². The Morgan fingerprint density at radius 2 is 1.14 bits per heavy atom. The zero-order valence-corrected chi connectivity index (χ0v) is 3.80. The normalized spacial score (nSPS) is 8.43. The summed E-state index contributed by atoms with van der Waals surface area (Å²) in [7, 11) is -4.64. The van der Waals surface area contributed by atoms with E-state index in [9.17, 15) is 0 Å². The molecule has 0 aromatic rings. The van der Waals surface area contributed by atoms with E-state index in [1.54, 1.807) is 0 Å². The Hall–Kier alpha value is 1.07. The summed E-state index contributed by atoms with van der Waals surface area (Å²) in [5, 5.41) is 0. The van der Waals surface area contributed by atoms with Crippen LogP contribution in [-0.2, 0) is 4.57 Å². The van der Waals surface area contributed by atoms with Crippen LogP contribution in [0.2, 0.25) is 0 Å². The van der Waals surface area contributed by atoms with Crippen LogP contribution in [0.5, 0.6) is 0 Å². The zero-order valence-electron chi connectivity index (χ0n) is 2.90. The number of rotatable bonds is 0. The average molecular weight is 265 g/mol. The molecule has 0 radical (unpaired) electrons. The molecule has 0 fully saturated rings. The summed E-state index contributed by atoms with van der Waals surface area (Å²) < 4.78 is 8.88. The van der Waals surface area contributed by atoms with E-state index in [0.29, 0.717) is 0 Å². The number of hydrogen-bond donors (Lipinski definition) is 4. The fourth-order valence-electron chi connectivity index (χ4n) is 0. The van der Waals surface area contributed by atoms with Crippen molar-refractivity contribution in [1.29, 1.82) is 0 Å². The van der Waals surface area contributed by atoms with Gasteiger partial charge in [0.15, 0.2) is 0 Å². The summed E-state index contributed by atoms with van der Waals surface area (Å²) in [4.78, 5) is 21.6. The van der Waals surface area contributed by atoms with Crippen LogP contribution < -0.4 is 6.15 Å². The van der Waals surface area contributed by atoms with Crippen molar-refractivity contribution in [2.24, 2.45) is 0 Å². The van der Waals surface area contributed by atoms with E-state index < -0.39 is 7.82 Å². The molecule has 0 saturated heterocycles.